The third-order valence-electron chi connectivity index (χ3n) is 6.40. The number of sulfonamides is 1. The molecule has 0 radical (unpaired) electrons. The zero-order chi connectivity index (χ0) is 21.4. The smallest absolute Gasteiger partial charge is 0.207 e. The van der Waals surface area contributed by atoms with Gasteiger partial charge >= 0.3 is 0 Å². The Balaban J connectivity index is 1.86. The summed E-state index contributed by atoms with van der Waals surface area (Å²) in [5.41, 5.74) is 3.03. The number of aryl methyl sites for hydroxylation is 1. The minimum Gasteiger partial charge on any atom is -0.207 e. The predicted molar refractivity (Wildman–Crippen MR) is 122 cm³/mol. The van der Waals surface area contributed by atoms with Crippen LogP contribution in [0.1, 0.15) is 37.0 Å². The maximum atomic E-state index is 13.7. The second-order valence-corrected chi connectivity index (χ2v) is 10.6. The van der Waals surface area contributed by atoms with E-state index in [0.29, 0.717) is 11.4 Å². The molecule has 3 nitrogen and oxygen atoms in total. The molecule has 1 atom stereocenters. The van der Waals surface area contributed by atoms with Gasteiger partial charge in [-0.05, 0) is 42.5 Å². The van der Waals surface area contributed by atoms with Crippen LogP contribution < -0.4 is 0 Å². The third-order valence-corrected chi connectivity index (χ3v) is 8.29. The summed E-state index contributed by atoms with van der Waals surface area (Å²) < 4.78 is 29.2. The van der Waals surface area contributed by atoms with Crippen LogP contribution >= 0.6 is 0 Å². The van der Waals surface area contributed by atoms with Crippen LogP contribution in [0, 0.1) is 12.8 Å². The van der Waals surface area contributed by atoms with Crippen molar-refractivity contribution in [2.24, 2.45) is 5.92 Å². The van der Waals surface area contributed by atoms with Gasteiger partial charge in [0.15, 0.2) is 0 Å². The van der Waals surface area contributed by atoms with Crippen molar-refractivity contribution in [1.29, 1.82) is 0 Å². The van der Waals surface area contributed by atoms with Gasteiger partial charge in [0.25, 0.3) is 0 Å². The Labute approximate surface area is 180 Å². The summed E-state index contributed by atoms with van der Waals surface area (Å²) in [5, 5.41) is 0. The van der Waals surface area contributed by atoms with Gasteiger partial charge in [0.2, 0.25) is 10.0 Å². The van der Waals surface area contributed by atoms with Crippen molar-refractivity contribution in [2.75, 3.05) is 6.54 Å². The second kappa shape index (κ2) is 8.01. The highest BCUT2D eigenvalue weighted by Gasteiger charge is 2.51. The largest absolute Gasteiger partial charge is 0.243 e. The van der Waals surface area contributed by atoms with Crippen molar-refractivity contribution in [3.63, 3.8) is 0 Å². The number of hydrogen-bond acceptors (Lipinski definition) is 2. The summed E-state index contributed by atoms with van der Waals surface area (Å²) in [7, 11) is -3.60. The molecule has 3 aromatic rings. The minimum atomic E-state index is -3.60. The van der Waals surface area contributed by atoms with Crippen molar-refractivity contribution in [3.05, 3.63) is 102 Å². The first-order valence-electron chi connectivity index (χ1n) is 10.5. The average molecular weight is 420 g/mol. The molecule has 0 bridgehead atoms. The standard InChI is InChI=1S/C26H29NO2S/c1-20(2)25-18-26(22-10-6-4-7-11-22,23-12-8-5-9-13-23)19-27(25)30(28,29)24-16-14-21(3)15-17-24/h4-17,20,25H,18-19H2,1-3H3/t25-/m1/s1. The van der Waals surface area contributed by atoms with Crippen LogP contribution in [0.15, 0.2) is 89.8 Å². The summed E-state index contributed by atoms with van der Waals surface area (Å²) in [6.45, 7) is 6.65. The van der Waals surface area contributed by atoms with Crippen molar-refractivity contribution in [2.45, 2.75) is 43.5 Å². The monoisotopic (exact) mass is 419 g/mol. The molecule has 30 heavy (non-hydrogen) atoms. The predicted octanol–water partition coefficient (Wildman–Crippen LogP) is 5.40. The first-order valence-corrected chi connectivity index (χ1v) is 12.0. The Bertz CT molecular complexity index is 1050. The van der Waals surface area contributed by atoms with Gasteiger partial charge in [0.1, 0.15) is 0 Å². The van der Waals surface area contributed by atoms with E-state index in [-0.39, 0.29) is 17.4 Å². The summed E-state index contributed by atoms with van der Waals surface area (Å²) in [4.78, 5) is 0.371. The molecule has 1 heterocycles. The second-order valence-electron chi connectivity index (χ2n) is 8.69. The van der Waals surface area contributed by atoms with Crippen molar-refractivity contribution >= 4 is 10.0 Å². The lowest BCUT2D eigenvalue weighted by Gasteiger charge is -2.30. The van der Waals surface area contributed by atoms with Gasteiger partial charge in [0.05, 0.1) is 4.90 Å². The van der Waals surface area contributed by atoms with Crippen LogP contribution in [0.25, 0.3) is 0 Å². The highest BCUT2D eigenvalue weighted by Crippen LogP contribution is 2.47. The molecule has 1 fully saturated rings. The highest BCUT2D eigenvalue weighted by atomic mass is 32.2. The number of nitrogens with zero attached hydrogens (tertiary/aromatic N) is 1. The molecule has 1 aliphatic rings. The topological polar surface area (TPSA) is 37.4 Å². The molecular formula is C26H29NO2S. The molecule has 3 aromatic carbocycles. The molecule has 0 saturated carbocycles. The van der Waals surface area contributed by atoms with E-state index in [4.69, 9.17) is 0 Å². The van der Waals surface area contributed by atoms with E-state index in [1.54, 1.807) is 16.4 Å². The highest BCUT2D eigenvalue weighted by molar-refractivity contribution is 7.89. The van der Waals surface area contributed by atoms with Gasteiger partial charge in [-0.1, -0.05) is 92.2 Å². The Kier molecular flexibility index (Phi) is 5.56. The van der Waals surface area contributed by atoms with Gasteiger partial charge in [-0.3, -0.25) is 0 Å². The normalized spacial score (nSPS) is 19.3. The molecule has 0 aromatic heterocycles. The molecule has 1 saturated heterocycles. The van der Waals surface area contributed by atoms with E-state index in [9.17, 15) is 8.42 Å². The van der Waals surface area contributed by atoms with Gasteiger partial charge in [-0.15, -0.1) is 0 Å². The van der Waals surface area contributed by atoms with Crippen LogP contribution in [0.4, 0.5) is 0 Å². The lowest BCUT2D eigenvalue weighted by Crippen LogP contribution is -2.39. The zero-order valence-electron chi connectivity index (χ0n) is 17.8. The van der Waals surface area contributed by atoms with Crippen molar-refractivity contribution in [3.8, 4) is 0 Å². The van der Waals surface area contributed by atoms with E-state index in [1.807, 2.05) is 55.5 Å². The van der Waals surface area contributed by atoms with E-state index in [0.717, 1.165) is 12.0 Å². The molecular weight excluding hydrogens is 390 g/mol. The van der Waals surface area contributed by atoms with Crippen LogP contribution in [0.3, 0.4) is 0 Å². The summed E-state index contributed by atoms with van der Waals surface area (Å²) in [5.74, 6) is 0.208. The lowest BCUT2D eigenvalue weighted by molar-refractivity contribution is 0.316. The fourth-order valence-corrected chi connectivity index (χ4v) is 6.50. The van der Waals surface area contributed by atoms with E-state index in [2.05, 4.69) is 38.1 Å². The number of hydrogen-bond donors (Lipinski definition) is 0. The molecule has 0 unspecified atom stereocenters. The van der Waals surface area contributed by atoms with Crippen LogP contribution in [0.2, 0.25) is 0 Å². The van der Waals surface area contributed by atoms with Crippen molar-refractivity contribution < 1.29 is 8.42 Å². The quantitative estimate of drug-likeness (QED) is 0.555. The van der Waals surface area contributed by atoms with Gasteiger partial charge in [-0.2, -0.15) is 4.31 Å². The van der Waals surface area contributed by atoms with Crippen LogP contribution in [0.5, 0.6) is 0 Å². The summed E-state index contributed by atoms with van der Waals surface area (Å²) in [6, 6.07) is 27.8. The Morgan fingerprint density at radius 1 is 0.833 bits per heavy atom. The first kappa shape index (κ1) is 20.8. The van der Waals surface area contributed by atoms with E-state index in [1.165, 1.54) is 11.1 Å². The zero-order valence-corrected chi connectivity index (χ0v) is 18.6. The molecule has 0 amide bonds. The minimum absolute atomic E-state index is 0.0725. The molecule has 0 aliphatic carbocycles. The fraction of sp³-hybridized carbons (Fsp3) is 0.308. The van der Waals surface area contributed by atoms with Crippen molar-refractivity contribution in [1.82, 2.24) is 4.31 Å². The molecule has 156 valence electrons. The van der Waals surface area contributed by atoms with Crippen LogP contribution in [-0.4, -0.2) is 25.3 Å². The number of rotatable bonds is 5. The maximum Gasteiger partial charge on any atom is 0.243 e. The van der Waals surface area contributed by atoms with E-state index >= 15 is 0 Å². The van der Waals surface area contributed by atoms with Gasteiger partial charge in [0, 0.05) is 18.0 Å². The SMILES string of the molecule is Cc1ccc(S(=O)(=O)N2CC(c3ccccc3)(c3ccccc3)C[C@@H]2C(C)C)cc1. The Hall–Kier alpha value is -2.43. The van der Waals surface area contributed by atoms with Crippen LogP contribution in [-0.2, 0) is 15.4 Å². The summed E-state index contributed by atoms with van der Waals surface area (Å²) >= 11 is 0. The first-order chi connectivity index (χ1) is 14.3. The van der Waals surface area contributed by atoms with E-state index < -0.39 is 10.0 Å². The fourth-order valence-electron chi connectivity index (χ4n) is 4.68. The molecule has 4 heteroatoms. The molecule has 1 aliphatic heterocycles. The lowest BCUT2D eigenvalue weighted by atomic mass is 9.72. The maximum absolute atomic E-state index is 13.7. The average Bonchev–Trinajstić information content (AvgIpc) is 3.19. The Morgan fingerprint density at radius 3 is 1.80 bits per heavy atom. The third kappa shape index (κ3) is 3.59. The summed E-state index contributed by atoms with van der Waals surface area (Å²) in [6.07, 6.45) is 0.768. The van der Waals surface area contributed by atoms with Gasteiger partial charge < -0.3 is 0 Å². The Morgan fingerprint density at radius 2 is 1.33 bits per heavy atom. The molecule has 4 rings (SSSR count). The van der Waals surface area contributed by atoms with Gasteiger partial charge in [-0.25, -0.2) is 8.42 Å². The number of benzene rings is 3. The molecule has 0 N–H and O–H groups in total. The molecule has 0 spiro atoms.